The van der Waals surface area contributed by atoms with Crippen LogP contribution in [0.15, 0.2) is 48.5 Å². The maximum atomic E-state index is 13.6. The maximum absolute atomic E-state index is 13.6. The number of amides is 2. The molecule has 8 heteroatoms. The first-order chi connectivity index (χ1) is 14.4. The third-order valence-electron chi connectivity index (χ3n) is 4.08. The lowest BCUT2D eigenvalue weighted by Gasteiger charge is -2.14. The SMILES string of the molecule is CCCC(C)NC(=O)COC(=O)c1ccccc1OCC(=O)Nc1ccccc1F. The van der Waals surface area contributed by atoms with Gasteiger partial charge in [0.2, 0.25) is 0 Å². The summed E-state index contributed by atoms with van der Waals surface area (Å²) < 4.78 is 24.1. The first-order valence-corrected chi connectivity index (χ1v) is 9.63. The molecular weight excluding hydrogens is 391 g/mol. The van der Waals surface area contributed by atoms with Gasteiger partial charge in [-0.3, -0.25) is 9.59 Å². The lowest BCUT2D eigenvalue weighted by molar-refractivity contribution is -0.124. The van der Waals surface area contributed by atoms with Crippen molar-refractivity contribution in [2.45, 2.75) is 32.7 Å². The lowest BCUT2D eigenvalue weighted by Crippen LogP contribution is -2.35. The van der Waals surface area contributed by atoms with E-state index in [4.69, 9.17) is 9.47 Å². The fourth-order valence-corrected chi connectivity index (χ4v) is 2.68. The van der Waals surface area contributed by atoms with Gasteiger partial charge in [0.1, 0.15) is 17.1 Å². The summed E-state index contributed by atoms with van der Waals surface area (Å²) in [5, 5.41) is 5.13. The van der Waals surface area contributed by atoms with Crippen LogP contribution in [0.5, 0.6) is 5.75 Å². The van der Waals surface area contributed by atoms with E-state index >= 15 is 0 Å². The van der Waals surface area contributed by atoms with Gasteiger partial charge >= 0.3 is 5.97 Å². The molecular formula is C22H25FN2O5. The summed E-state index contributed by atoms with van der Waals surface area (Å²) in [5.74, 6) is -2.19. The first-order valence-electron chi connectivity index (χ1n) is 9.63. The van der Waals surface area contributed by atoms with Crippen molar-refractivity contribution < 1.29 is 28.2 Å². The van der Waals surface area contributed by atoms with E-state index in [-0.39, 0.29) is 23.0 Å². The molecule has 2 aromatic rings. The Morgan fingerprint density at radius 2 is 1.70 bits per heavy atom. The molecule has 160 valence electrons. The molecule has 0 saturated heterocycles. The van der Waals surface area contributed by atoms with E-state index in [1.54, 1.807) is 18.2 Å². The van der Waals surface area contributed by atoms with E-state index in [9.17, 15) is 18.8 Å². The summed E-state index contributed by atoms with van der Waals surface area (Å²) >= 11 is 0. The number of para-hydroxylation sites is 2. The van der Waals surface area contributed by atoms with Crippen LogP contribution in [0, 0.1) is 5.82 Å². The zero-order chi connectivity index (χ0) is 21.9. The fraction of sp³-hybridized carbons (Fsp3) is 0.318. The smallest absolute Gasteiger partial charge is 0.342 e. The number of esters is 1. The van der Waals surface area contributed by atoms with Gasteiger partial charge in [0.05, 0.1) is 5.69 Å². The average molecular weight is 416 g/mol. The number of benzene rings is 2. The Morgan fingerprint density at radius 1 is 1.00 bits per heavy atom. The lowest BCUT2D eigenvalue weighted by atomic mass is 10.2. The van der Waals surface area contributed by atoms with Crippen LogP contribution >= 0.6 is 0 Å². The van der Waals surface area contributed by atoms with Gasteiger partial charge < -0.3 is 20.1 Å². The topological polar surface area (TPSA) is 93.7 Å². The Kier molecular flexibility index (Phi) is 8.80. The highest BCUT2D eigenvalue weighted by Crippen LogP contribution is 2.19. The molecule has 0 spiro atoms. The number of hydrogen-bond acceptors (Lipinski definition) is 5. The predicted octanol–water partition coefficient (Wildman–Crippen LogP) is 3.30. The number of anilines is 1. The van der Waals surface area contributed by atoms with Gasteiger partial charge in [-0.15, -0.1) is 0 Å². The number of halogens is 1. The Balaban J connectivity index is 1.90. The largest absolute Gasteiger partial charge is 0.483 e. The van der Waals surface area contributed by atoms with Gasteiger partial charge in [0, 0.05) is 6.04 Å². The molecule has 7 nitrogen and oxygen atoms in total. The molecule has 1 atom stereocenters. The van der Waals surface area contributed by atoms with E-state index in [1.165, 1.54) is 30.3 Å². The monoisotopic (exact) mass is 416 g/mol. The number of rotatable bonds is 10. The third kappa shape index (κ3) is 7.20. The summed E-state index contributed by atoms with van der Waals surface area (Å²) in [6.45, 7) is 3.03. The number of nitrogens with one attached hydrogen (secondary N) is 2. The van der Waals surface area contributed by atoms with Gasteiger partial charge in [-0.2, -0.15) is 0 Å². The molecule has 0 bridgehead atoms. The molecule has 2 N–H and O–H groups in total. The molecule has 0 aliphatic heterocycles. The zero-order valence-electron chi connectivity index (χ0n) is 16.9. The van der Waals surface area contributed by atoms with Crippen molar-refractivity contribution in [1.29, 1.82) is 0 Å². The van der Waals surface area contributed by atoms with Crippen LogP contribution in [0.2, 0.25) is 0 Å². The number of carbonyl (C=O) groups is 3. The van der Waals surface area contributed by atoms with E-state index in [0.29, 0.717) is 0 Å². The molecule has 0 radical (unpaired) electrons. The van der Waals surface area contributed by atoms with Crippen molar-refractivity contribution in [2.75, 3.05) is 18.5 Å². The predicted molar refractivity (Wildman–Crippen MR) is 110 cm³/mol. The average Bonchev–Trinajstić information content (AvgIpc) is 2.72. The van der Waals surface area contributed by atoms with Crippen LogP contribution in [-0.2, 0) is 14.3 Å². The van der Waals surface area contributed by atoms with Crippen molar-refractivity contribution in [3.05, 3.63) is 59.9 Å². The standard InChI is InChI=1S/C22H25FN2O5/c1-3-8-15(2)24-20(26)14-30-22(28)16-9-4-7-12-19(16)29-13-21(27)25-18-11-6-5-10-17(18)23/h4-7,9-12,15H,3,8,13-14H2,1-2H3,(H,24,26)(H,25,27). The van der Waals surface area contributed by atoms with Gasteiger partial charge in [0.15, 0.2) is 13.2 Å². The van der Waals surface area contributed by atoms with E-state index < -0.39 is 36.8 Å². The van der Waals surface area contributed by atoms with Crippen molar-refractivity contribution in [1.82, 2.24) is 5.32 Å². The molecule has 30 heavy (non-hydrogen) atoms. The number of ether oxygens (including phenoxy) is 2. The van der Waals surface area contributed by atoms with Crippen molar-refractivity contribution in [3.8, 4) is 5.75 Å². The molecule has 2 rings (SSSR count). The van der Waals surface area contributed by atoms with Crippen molar-refractivity contribution in [2.24, 2.45) is 0 Å². The Morgan fingerprint density at radius 3 is 2.43 bits per heavy atom. The van der Waals surface area contributed by atoms with Crippen LogP contribution < -0.4 is 15.4 Å². The second-order valence-corrected chi connectivity index (χ2v) is 6.65. The van der Waals surface area contributed by atoms with Gasteiger partial charge in [0.25, 0.3) is 11.8 Å². The third-order valence-corrected chi connectivity index (χ3v) is 4.08. The van der Waals surface area contributed by atoms with Gasteiger partial charge in [-0.05, 0) is 37.6 Å². The molecule has 0 fully saturated rings. The second-order valence-electron chi connectivity index (χ2n) is 6.65. The maximum Gasteiger partial charge on any atom is 0.342 e. The van der Waals surface area contributed by atoms with Crippen LogP contribution in [0.1, 0.15) is 37.0 Å². The Bertz CT molecular complexity index is 887. The minimum absolute atomic E-state index is 0.00946. The summed E-state index contributed by atoms with van der Waals surface area (Å²) in [7, 11) is 0. The summed E-state index contributed by atoms with van der Waals surface area (Å²) in [6.07, 6.45) is 1.75. The Labute approximate surface area is 174 Å². The highest BCUT2D eigenvalue weighted by molar-refractivity contribution is 5.95. The first kappa shape index (κ1) is 22.9. The number of carbonyl (C=O) groups excluding carboxylic acids is 3. The quantitative estimate of drug-likeness (QED) is 0.580. The second kappa shape index (κ2) is 11.5. The van der Waals surface area contributed by atoms with Crippen LogP contribution in [0.3, 0.4) is 0 Å². The molecule has 2 amide bonds. The van der Waals surface area contributed by atoms with Crippen LogP contribution in [0.4, 0.5) is 10.1 Å². The number of hydrogen-bond donors (Lipinski definition) is 2. The van der Waals surface area contributed by atoms with E-state index in [0.717, 1.165) is 12.8 Å². The van der Waals surface area contributed by atoms with Crippen molar-refractivity contribution in [3.63, 3.8) is 0 Å². The molecule has 0 aliphatic carbocycles. The molecule has 0 aliphatic rings. The van der Waals surface area contributed by atoms with E-state index in [2.05, 4.69) is 10.6 Å². The van der Waals surface area contributed by atoms with Gasteiger partial charge in [-0.1, -0.05) is 37.6 Å². The molecule has 0 heterocycles. The fourth-order valence-electron chi connectivity index (χ4n) is 2.68. The molecule has 2 aromatic carbocycles. The van der Waals surface area contributed by atoms with Crippen molar-refractivity contribution >= 4 is 23.5 Å². The zero-order valence-corrected chi connectivity index (χ0v) is 16.9. The molecule has 0 saturated carbocycles. The minimum atomic E-state index is -0.751. The molecule has 1 unspecified atom stereocenters. The molecule has 0 aromatic heterocycles. The van der Waals surface area contributed by atoms with Crippen LogP contribution in [0.25, 0.3) is 0 Å². The minimum Gasteiger partial charge on any atom is -0.483 e. The van der Waals surface area contributed by atoms with E-state index in [1.807, 2.05) is 13.8 Å². The van der Waals surface area contributed by atoms with Crippen LogP contribution in [-0.4, -0.2) is 37.0 Å². The summed E-state index contributed by atoms with van der Waals surface area (Å²) in [4.78, 5) is 36.2. The summed E-state index contributed by atoms with van der Waals surface area (Å²) in [6, 6.07) is 11.9. The van der Waals surface area contributed by atoms with Gasteiger partial charge in [-0.25, -0.2) is 9.18 Å². The summed E-state index contributed by atoms with van der Waals surface area (Å²) in [5.41, 5.74) is 0.104. The highest BCUT2D eigenvalue weighted by Gasteiger charge is 2.17. The highest BCUT2D eigenvalue weighted by atomic mass is 19.1. The normalized spacial score (nSPS) is 11.3. The Hall–Kier alpha value is -3.42.